The molecule has 1 aliphatic heterocycles. The molecular weight excluding hydrogens is 425 g/mol. The average Bonchev–Trinajstić information content (AvgIpc) is 2.46. The van der Waals surface area contributed by atoms with Crippen molar-refractivity contribution < 1.29 is 8.95 Å². The van der Waals surface area contributed by atoms with E-state index in [1.54, 1.807) is 0 Å². The fraction of sp³-hybridized carbons (Fsp3) is 0.562. The van der Waals surface area contributed by atoms with Crippen LogP contribution < -0.4 is 15.8 Å². The van der Waals surface area contributed by atoms with Crippen LogP contribution in [0.3, 0.4) is 0 Å². The van der Waals surface area contributed by atoms with Crippen LogP contribution in [-0.4, -0.2) is 33.8 Å². The molecule has 0 fully saturated rings. The number of para-hydroxylation sites is 1. The fourth-order valence-electron chi connectivity index (χ4n) is 2.27. The fourth-order valence-corrected chi connectivity index (χ4v) is 3.14. The van der Waals surface area contributed by atoms with Crippen molar-refractivity contribution in [3.63, 3.8) is 0 Å². The molecule has 7 heteroatoms. The van der Waals surface area contributed by atoms with Gasteiger partial charge in [0.15, 0.2) is 5.96 Å². The second kappa shape index (κ2) is 8.86. The summed E-state index contributed by atoms with van der Waals surface area (Å²) in [5.74, 6) is 1.82. The summed E-state index contributed by atoms with van der Waals surface area (Å²) in [7, 11) is -0.907. The van der Waals surface area contributed by atoms with Crippen molar-refractivity contribution in [3.05, 3.63) is 29.8 Å². The number of fused-ring (bicyclic) bond motifs is 1. The van der Waals surface area contributed by atoms with Gasteiger partial charge in [0.25, 0.3) is 0 Å². The lowest BCUT2D eigenvalue weighted by molar-refractivity contribution is 0.262. The SMILES string of the molecule is CC(C)(C)S(=O)CCN=C(N)NC1CCOc2ccccc21.I. The maximum atomic E-state index is 12.0. The van der Waals surface area contributed by atoms with E-state index in [9.17, 15) is 4.21 Å². The molecule has 0 spiro atoms. The number of hydrogen-bond acceptors (Lipinski definition) is 3. The molecule has 0 radical (unpaired) electrons. The average molecular weight is 451 g/mol. The molecule has 0 amide bonds. The standard InChI is InChI=1S/C16H25N3O2S.HI/c1-16(2,3)22(20)11-9-18-15(17)19-13-8-10-21-14-7-5-4-6-12(13)14;/h4-7,13H,8-11H2,1-3H3,(H3,17,18,19);1H. The molecular formula is C16H26IN3O2S. The smallest absolute Gasteiger partial charge is 0.189 e. The van der Waals surface area contributed by atoms with Crippen LogP contribution in [0.2, 0.25) is 0 Å². The van der Waals surface area contributed by atoms with Crippen LogP contribution in [0.5, 0.6) is 5.75 Å². The third-order valence-electron chi connectivity index (χ3n) is 3.52. The molecule has 2 atom stereocenters. The van der Waals surface area contributed by atoms with Crippen LogP contribution in [0.1, 0.15) is 38.8 Å². The van der Waals surface area contributed by atoms with Gasteiger partial charge in [-0.2, -0.15) is 0 Å². The van der Waals surface area contributed by atoms with Gasteiger partial charge in [0.2, 0.25) is 0 Å². The first-order valence-electron chi connectivity index (χ1n) is 7.54. The number of nitrogens with zero attached hydrogens (tertiary/aromatic N) is 1. The van der Waals surface area contributed by atoms with Gasteiger partial charge in [-0.05, 0) is 26.8 Å². The normalized spacial score (nSPS) is 19.1. The minimum atomic E-state index is -0.907. The molecule has 3 N–H and O–H groups in total. The van der Waals surface area contributed by atoms with E-state index in [0.717, 1.165) is 17.7 Å². The highest BCUT2D eigenvalue weighted by molar-refractivity contribution is 14.0. The van der Waals surface area contributed by atoms with Crippen molar-refractivity contribution in [2.45, 2.75) is 38.0 Å². The van der Waals surface area contributed by atoms with E-state index in [2.05, 4.69) is 10.3 Å². The Bertz CT molecular complexity index is 573. The van der Waals surface area contributed by atoms with Crippen molar-refractivity contribution in [1.82, 2.24) is 5.32 Å². The molecule has 2 rings (SSSR count). The summed E-state index contributed by atoms with van der Waals surface area (Å²) in [5.41, 5.74) is 7.06. The highest BCUT2D eigenvalue weighted by Gasteiger charge is 2.21. The van der Waals surface area contributed by atoms with Gasteiger partial charge in [-0.15, -0.1) is 24.0 Å². The molecule has 1 aliphatic rings. The number of hydrogen-bond donors (Lipinski definition) is 2. The van der Waals surface area contributed by atoms with E-state index in [4.69, 9.17) is 10.5 Å². The molecule has 0 bridgehead atoms. The predicted octanol–water partition coefficient (Wildman–Crippen LogP) is 2.58. The quantitative estimate of drug-likeness (QED) is 0.419. The number of nitrogens with one attached hydrogen (secondary N) is 1. The van der Waals surface area contributed by atoms with Crippen LogP contribution in [0.25, 0.3) is 0 Å². The Hall–Kier alpha value is -0.830. The van der Waals surface area contributed by atoms with Gasteiger partial charge < -0.3 is 15.8 Å². The number of halogens is 1. The van der Waals surface area contributed by atoms with Gasteiger partial charge in [0.05, 0.1) is 19.2 Å². The lowest BCUT2D eigenvalue weighted by Crippen LogP contribution is -2.37. The zero-order valence-electron chi connectivity index (χ0n) is 13.9. The maximum Gasteiger partial charge on any atom is 0.189 e. The van der Waals surface area contributed by atoms with Crippen LogP contribution in [0, 0.1) is 0 Å². The predicted molar refractivity (Wildman–Crippen MR) is 107 cm³/mol. The molecule has 1 heterocycles. The van der Waals surface area contributed by atoms with Gasteiger partial charge >= 0.3 is 0 Å². The van der Waals surface area contributed by atoms with Crippen molar-refractivity contribution >= 4 is 40.7 Å². The van der Waals surface area contributed by atoms with Crippen LogP contribution in [0.15, 0.2) is 29.3 Å². The van der Waals surface area contributed by atoms with Crippen LogP contribution >= 0.6 is 24.0 Å². The monoisotopic (exact) mass is 451 g/mol. The molecule has 0 saturated carbocycles. The Kier molecular flexibility index (Phi) is 7.79. The highest BCUT2D eigenvalue weighted by atomic mass is 127. The summed E-state index contributed by atoms with van der Waals surface area (Å²) in [6, 6.07) is 8.06. The number of aliphatic imine (C=N–C) groups is 1. The van der Waals surface area contributed by atoms with Crippen molar-refractivity contribution in [2.24, 2.45) is 10.7 Å². The zero-order chi connectivity index (χ0) is 16.2. The van der Waals surface area contributed by atoms with Crippen LogP contribution in [0.4, 0.5) is 0 Å². The molecule has 1 aromatic rings. The zero-order valence-corrected chi connectivity index (χ0v) is 17.0. The third kappa shape index (κ3) is 5.95. The van der Waals surface area contributed by atoms with Crippen molar-refractivity contribution in [2.75, 3.05) is 18.9 Å². The largest absolute Gasteiger partial charge is 0.493 e. The van der Waals surface area contributed by atoms with E-state index < -0.39 is 10.8 Å². The molecule has 0 aromatic heterocycles. The van der Waals surface area contributed by atoms with Gasteiger partial charge in [0.1, 0.15) is 5.75 Å². The van der Waals surface area contributed by atoms with Gasteiger partial charge in [-0.1, -0.05) is 18.2 Å². The second-order valence-electron chi connectivity index (χ2n) is 6.30. The lowest BCUT2D eigenvalue weighted by Gasteiger charge is -2.27. The molecule has 5 nitrogen and oxygen atoms in total. The summed E-state index contributed by atoms with van der Waals surface area (Å²) >= 11 is 0. The molecule has 23 heavy (non-hydrogen) atoms. The topological polar surface area (TPSA) is 76.7 Å². The summed E-state index contributed by atoms with van der Waals surface area (Å²) in [5, 5.41) is 3.24. The summed E-state index contributed by atoms with van der Waals surface area (Å²) in [6.45, 7) is 7.03. The van der Waals surface area contributed by atoms with Crippen LogP contribution in [-0.2, 0) is 10.8 Å². The lowest BCUT2D eigenvalue weighted by atomic mass is 10.0. The van der Waals surface area contributed by atoms with Gasteiger partial charge in [-0.3, -0.25) is 9.20 Å². The van der Waals surface area contributed by atoms with Gasteiger partial charge in [-0.25, -0.2) is 0 Å². The molecule has 0 aliphatic carbocycles. The number of rotatable bonds is 4. The van der Waals surface area contributed by atoms with E-state index in [1.807, 2.05) is 45.0 Å². The first-order valence-corrected chi connectivity index (χ1v) is 8.86. The van der Waals surface area contributed by atoms with E-state index >= 15 is 0 Å². The maximum absolute atomic E-state index is 12.0. The number of nitrogens with two attached hydrogens (primary N) is 1. The summed E-state index contributed by atoms with van der Waals surface area (Å²) < 4.78 is 17.4. The summed E-state index contributed by atoms with van der Waals surface area (Å²) in [4.78, 5) is 4.29. The van der Waals surface area contributed by atoms with Crippen molar-refractivity contribution in [1.29, 1.82) is 0 Å². The number of ether oxygens (including phenoxy) is 1. The Morgan fingerprint density at radius 2 is 2.13 bits per heavy atom. The molecule has 130 valence electrons. The van der Waals surface area contributed by atoms with E-state index in [-0.39, 0.29) is 34.8 Å². The molecule has 0 saturated heterocycles. The number of benzene rings is 1. The van der Waals surface area contributed by atoms with E-state index in [1.165, 1.54) is 0 Å². The Morgan fingerprint density at radius 1 is 1.43 bits per heavy atom. The number of guanidine groups is 1. The highest BCUT2D eigenvalue weighted by Crippen LogP contribution is 2.31. The minimum Gasteiger partial charge on any atom is -0.493 e. The minimum absolute atomic E-state index is 0. The van der Waals surface area contributed by atoms with E-state index in [0.29, 0.717) is 24.9 Å². The summed E-state index contributed by atoms with van der Waals surface area (Å²) in [6.07, 6.45) is 0.848. The first-order chi connectivity index (χ1) is 10.4. The molecule has 1 aromatic carbocycles. The second-order valence-corrected chi connectivity index (χ2v) is 8.62. The third-order valence-corrected chi connectivity index (χ3v) is 5.44. The first kappa shape index (κ1) is 20.2. The van der Waals surface area contributed by atoms with Gasteiger partial charge in [0, 0.05) is 33.3 Å². The van der Waals surface area contributed by atoms with Crippen molar-refractivity contribution in [3.8, 4) is 5.75 Å². The Balaban J connectivity index is 0.00000264. The molecule has 2 unspecified atom stereocenters. The Labute approximate surface area is 157 Å². The Morgan fingerprint density at radius 3 is 2.83 bits per heavy atom.